The number of piperidine rings is 1. The standard InChI is InChI=1S/C16H22N2O4S/c1-22-14-6-8-15(9-7-14)23(20,21)18-10-2-3-12(11-18)16(19)17-13-4-5-13/h6-9,12-13H,2-5,10-11H2,1H3,(H,17,19)/t12-/m1/s1. The van der Waals surface area contributed by atoms with E-state index in [1.807, 2.05) is 0 Å². The molecule has 0 radical (unpaired) electrons. The largest absolute Gasteiger partial charge is 0.497 e. The summed E-state index contributed by atoms with van der Waals surface area (Å²) in [5.41, 5.74) is 0. The highest BCUT2D eigenvalue weighted by Crippen LogP contribution is 2.26. The first-order valence-corrected chi connectivity index (χ1v) is 9.39. The van der Waals surface area contributed by atoms with Crippen LogP contribution in [0.25, 0.3) is 0 Å². The van der Waals surface area contributed by atoms with Gasteiger partial charge in [-0.15, -0.1) is 0 Å². The van der Waals surface area contributed by atoms with Crippen molar-refractivity contribution in [1.82, 2.24) is 9.62 Å². The van der Waals surface area contributed by atoms with E-state index in [9.17, 15) is 13.2 Å². The van der Waals surface area contributed by atoms with Crippen LogP contribution in [0.2, 0.25) is 0 Å². The Morgan fingerprint density at radius 1 is 1.22 bits per heavy atom. The highest BCUT2D eigenvalue weighted by Gasteiger charge is 2.35. The fourth-order valence-corrected chi connectivity index (χ4v) is 4.34. The van der Waals surface area contributed by atoms with Crippen LogP contribution in [0.5, 0.6) is 5.75 Å². The van der Waals surface area contributed by atoms with Crippen molar-refractivity contribution in [2.24, 2.45) is 5.92 Å². The molecule has 1 saturated carbocycles. The van der Waals surface area contributed by atoms with Gasteiger partial charge < -0.3 is 10.1 Å². The van der Waals surface area contributed by atoms with Crippen molar-refractivity contribution in [2.75, 3.05) is 20.2 Å². The van der Waals surface area contributed by atoms with Crippen molar-refractivity contribution in [3.05, 3.63) is 24.3 Å². The number of carbonyl (C=O) groups is 1. The highest BCUT2D eigenvalue weighted by molar-refractivity contribution is 7.89. The van der Waals surface area contributed by atoms with E-state index in [2.05, 4.69) is 5.32 Å². The van der Waals surface area contributed by atoms with Gasteiger partial charge in [0.15, 0.2) is 0 Å². The smallest absolute Gasteiger partial charge is 0.243 e. The number of ether oxygens (including phenoxy) is 1. The number of methoxy groups -OCH3 is 1. The quantitative estimate of drug-likeness (QED) is 0.880. The summed E-state index contributed by atoms with van der Waals surface area (Å²) in [5.74, 6) is 0.351. The summed E-state index contributed by atoms with van der Waals surface area (Å²) < 4.78 is 32.0. The van der Waals surface area contributed by atoms with Crippen LogP contribution < -0.4 is 10.1 Å². The second-order valence-electron chi connectivity index (χ2n) is 6.16. The third kappa shape index (κ3) is 3.67. The minimum Gasteiger partial charge on any atom is -0.497 e. The fourth-order valence-electron chi connectivity index (χ4n) is 2.82. The van der Waals surface area contributed by atoms with E-state index >= 15 is 0 Å². The maximum absolute atomic E-state index is 12.7. The molecule has 1 N–H and O–H groups in total. The predicted octanol–water partition coefficient (Wildman–Crippen LogP) is 1.37. The zero-order valence-corrected chi connectivity index (χ0v) is 14.0. The molecule has 3 rings (SSSR count). The van der Waals surface area contributed by atoms with Gasteiger partial charge in [0.2, 0.25) is 15.9 Å². The molecular formula is C16H22N2O4S. The van der Waals surface area contributed by atoms with Crippen LogP contribution in [0, 0.1) is 5.92 Å². The van der Waals surface area contributed by atoms with E-state index in [4.69, 9.17) is 4.74 Å². The lowest BCUT2D eigenvalue weighted by molar-refractivity contribution is -0.126. The predicted molar refractivity (Wildman–Crippen MR) is 85.6 cm³/mol. The lowest BCUT2D eigenvalue weighted by atomic mass is 9.99. The number of rotatable bonds is 5. The third-order valence-electron chi connectivity index (χ3n) is 4.38. The van der Waals surface area contributed by atoms with Crippen LogP contribution in [0.1, 0.15) is 25.7 Å². The van der Waals surface area contributed by atoms with Gasteiger partial charge in [0.1, 0.15) is 5.75 Å². The second-order valence-corrected chi connectivity index (χ2v) is 8.10. The van der Waals surface area contributed by atoms with Gasteiger partial charge in [-0.2, -0.15) is 4.31 Å². The van der Waals surface area contributed by atoms with Gasteiger partial charge in [-0.25, -0.2) is 8.42 Å². The van der Waals surface area contributed by atoms with Crippen LogP contribution in [0.3, 0.4) is 0 Å². The van der Waals surface area contributed by atoms with E-state index in [-0.39, 0.29) is 23.3 Å². The molecule has 0 spiro atoms. The van der Waals surface area contributed by atoms with Gasteiger partial charge in [0, 0.05) is 19.1 Å². The lowest BCUT2D eigenvalue weighted by Gasteiger charge is -2.31. The molecule has 6 nitrogen and oxygen atoms in total. The molecule has 23 heavy (non-hydrogen) atoms. The van der Waals surface area contributed by atoms with Gasteiger partial charge in [-0.1, -0.05) is 0 Å². The van der Waals surface area contributed by atoms with Crippen molar-refractivity contribution >= 4 is 15.9 Å². The topological polar surface area (TPSA) is 75.7 Å². The Bertz CT molecular complexity index is 668. The number of amides is 1. The summed E-state index contributed by atoms with van der Waals surface area (Å²) in [6, 6.07) is 6.66. The van der Waals surface area contributed by atoms with Gasteiger partial charge in [-0.3, -0.25) is 4.79 Å². The maximum atomic E-state index is 12.7. The summed E-state index contributed by atoms with van der Waals surface area (Å²) >= 11 is 0. The van der Waals surface area contributed by atoms with Gasteiger partial charge in [0.05, 0.1) is 17.9 Å². The van der Waals surface area contributed by atoms with Crippen molar-refractivity contribution < 1.29 is 17.9 Å². The maximum Gasteiger partial charge on any atom is 0.243 e. The van der Waals surface area contributed by atoms with Crippen LogP contribution in [-0.4, -0.2) is 44.9 Å². The SMILES string of the molecule is COc1ccc(S(=O)(=O)N2CCC[C@@H](C(=O)NC3CC3)C2)cc1. The number of hydrogen-bond acceptors (Lipinski definition) is 4. The average Bonchev–Trinajstić information content (AvgIpc) is 3.39. The van der Waals surface area contributed by atoms with Crippen LogP contribution in [0.4, 0.5) is 0 Å². The van der Waals surface area contributed by atoms with Crippen molar-refractivity contribution in [1.29, 1.82) is 0 Å². The first-order chi connectivity index (χ1) is 11.0. The zero-order valence-electron chi connectivity index (χ0n) is 13.2. The monoisotopic (exact) mass is 338 g/mol. The molecule has 1 saturated heterocycles. The number of carbonyl (C=O) groups excluding carboxylic acids is 1. The van der Waals surface area contributed by atoms with Crippen LogP contribution >= 0.6 is 0 Å². The molecule has 1 aliphatic heterocycles. The summed E-state index contributed by atoms with van der Waals surface area (Å²) in [6.07, 6.45) is 3.52. The van der Waals surface area contributed by atoms with E-state index in [1.54, 1.807) is 24.3 Å². The summed E-state index contributed by atoms with van der Waals surface area (Å²) in [5, 5.41) is 2.97. The molecule has 1 aromatic rings. The number of hydrogen-bond donors (Lipinski definition) is 1. The number of benzene rings is 1. The van der Waals surface area contributed by atoms with Crippen LogP contribution in [0.15, 0.2) is 29.2 Å². The minimum absolute atomic E-state index is 0.0119. The average molecular weight is 338 g/mol. The second kappa shape index (κ2) is 6.49. The van der Waals surface area contributed by atoms with E-state index < -0.39 is 10.0 Å². The minimum atomic E-state index is -3.57. The summed E-state index contributed by atoms with van der Waals surface area (Å²) in [6.45, 7) is 0.717. The zero-order chi connectivity index (χ0) is 16.4. The van der Waals surface area contributed by atoms with Crippen molar-refractivity contribution in [2.45, 2.75) is 36.6 Å². The van der Waals surface area contributed by atoms with Crippen molar-refractivity contribution in [3.63, 3.8) is 0 Å². The number of nitrogens with one attached hydrogen (secondary N) is 1. The Balaban J connectivity index is 1.71. The number of nitrogens with zero attached hydrogens (tertiary/aromatic N) is 1. The van der Waals surface area contributed by atoms with Gasteiger partial charge in [0.25, 0.3) is 0 Å². The molecule has 1 aromatic carbocycles. The lowest BCUT2D eigenvalue weighted by Crippen LogP contribution is -2.45. The molecule has 126 valence electrons. The Morgan fingerprint density at radius 3 is 2.52 bits per heavy atom. The molecule has 0 unspecified atom stereocenters. The Kier molecular flexibility index (Phi) is 4.59. The first kappa shape index (κ1) is 16.3. The molecule has 1 aliphatic carbocycles. The normalized spacial score (nSPS) is 22.6. The van der Waals surface area contributed by atoms with E-state index in [0.717, 1.165) is 19.3 Å². The summed E-state index contributed by atoms with van der Waals surface area (Å²) in [4.78, 5) is 12.4. The Labute approximate surface area is 136 Å². The van der Waals surface area contributed by atoms with E-state index in [0.29, 0.717) is 24.8 Å². The number of sulfonamides is 1. The Morgan fingerprint density at radius 2 is 1.91 bits per heavy atom. The molecule has 7 heteroatoms. The molecule has 1 atom stereocenters. The van der Waals surface area contributed by atoms with Gasteiger partial charge >= 0.3 is 0 Å². The first-order valence-electron chi connectivity index (χ1n) is 7.95. The van der Waals surface area contributed by atoms with E-state index in [1.165, 1.54) is 11.4 Å². The van der Waals surface area contributed by atoms with Gasteiger partial charge in [-0.05, 0) is 49.9 Å². The molecular weight excluding hydrogens is 316 g/mol. The van der Waals surface area contributed by atoms with Crippen LogP contribution in [-0.2, 0) is 14.8 Å². The Hall–Kier alpha value is -1.60. The highest BCUT2D eigenvalue weighted by atomic mass is 32.2. The third-order valence-corrected chi connectivity index (χ3v) is 6.26. The molecule has 0 aromatic heterocycles. The van der Waals surface area contributed by atoms with Crippen molar-refractivity contribution in [3.8, 4) is 5.75 Å². The molecule has 2 fully saturated rings. The molecule has 2 aliphatic rings. The summed E-state index contributed by atoms with van der Waals surface area (Å²) in [7, 11) is -2.03. The molecule has 0 bridgehead atoms. The molecule has 1 amide bonds. The molecule has 1 heterocycles. The fraction of sp³-hybridized carbons (Fsp3) is 0.562.